The number of hydrogen-bond donors (Lipinski definition) is 1. The van der Waals surface area contributed by atoms with Crippen LogP contribution in [0.25, 0.3) is 0 Å². The summed E-state index contributed by atoms with van der Waals surface area (Å²) < 4.78 is 86.0. The second kappa shape index (κ2) is 8.84. The number of nitrogens with one attached hydrogen (secondary N) is 1. The number of halogens is 6. The number of ether oxygens (including phenoxy) is 1. The van der Waals surface area contributed by atoms with E-state index in [0.29, 0.717) is 37.2 Å². The molecule has 2 aliphatic heterocycles. The molecule has 0 radical (unpaired) electrons. The van der Waals surface area contributed by atoms with Crippen LogP contribution < -0.4 is 5.32 Å². The SMILES string of the molecule is Cn1nnc([C@@H]2C[C@]3(c4ccccc4)N[C@H]2CC[C@H]3OCc2cc(C(F)(F)F)cc(C(F)(F)F)c2)n1. The summed E-state index contributed by atoms with van der Waals surface area (Å²) in [6.45, 7) is -0.396. The third-order valence-corrected chi connectivity index (χ3v) is 7.00. The van der Waals surface area contributed by atoms with E-state index in [2.05, 4.69) is 20.7 Å². The minimum atomic E-state index is -4.91. The van der Waals surface area contributed by atoms with Crippen LogP contribution in [-0.4, -0.2) is 32.4 Å². The van der Waals surface area contributed by atoms with Gasteiger partial charge >= 0.3 is 12.4 Å². The predicted molar refractivity (Wildman–Crippen MR) is 115 cm³/mol. The van der Waals surface area contributed by atoms with Gasteiger partial charge in [0.05, 0.1) is 36.4 Å². The van der Waals surface area contributed by atoms with Gasteiger partial charge < -0.3 is 10.1 Å². The molecule has 1 aromatic heterocycles. The first-order chi connectivity index (χ1) is 17.0. The molecule has 36 heavy (non-hydrogen) atoms. The van der Waals surface area contributed by atoms with E-state index in [1.807, 2.05) is 30.3 Å². The lowest BCUT2D eigenvalue weighted by Crippen LogP contribution is -2.54. The zero-order valence-electron chi connectivity index (χ0n) is 19.1. The van der Waals surface area contributed by atoms with Crippen molar-refractivity contribution < 1.29 is 31.1 Å². The van der Waals surface area contributed by atoms with E-state index in [4.69, 9.17) is 4.74 Å². The van der Waals surface area contributed by atoms with Crippen LogP contribution in [0.15, 0.2) is 48.5 Å². The Morgan fingerprint density at radius 2 is 1.67 bits per heavy atom. The first-order valence-corrected chi connectivity index (χ1v) is 11.4. The summed E-state index contributed by atoms with van der Waals surface area (Å²) in [5, 5.41) is 16.1. The molecule has 2 saturated heterocycles. The molecule has 192 valence electrons. The van der Waals surface area contributed by atoms with E-state index in [1.54, 1.807) is 7.05 Å². The number of alkyl halides is 6. The van der Waals surface area contributed by atoms with E-state index >= 15 is 0 Å². The predicted octanol–water partition coefficient (Wildman–Crippen LogP) is 4.97. The number of aryl methyl sites for hydroxylation is 1. The quantitative estimate of drug-likeness (QED) is 0.491. The smallest absolute Gasteiger partial charge is 0.371 e. The molecule has 0 unspecified atom stereocenters. The Balaban J connectivity index is 1.46. The first kappa shape index (κ1) is 24.7. The molecule has 0 saturated carbocycles. The molecule has 1 N–H and O–H groups in total. The molecule has 2 bridgehead atoms. The van der Waals surface area contributed by atoms with Crippen molar-refractivity contribution in [2.45, 2.75) is 61.8 Å². The lowest BCUT2D eigenvalue weighted by atomic mass is 9.80. The van der Waals surface area contributed by atoms with Gasteiger partial charge in [0, 0.05) is 12.0 Å². The van der Waals surface area contributed by atoms with Crippen molar-refractivity contribution in [3.8, 4) is 0 Å². The van der Waals surface area contributed by atoms with Gasteiger partial charge in [0.15, 0.2) is 5.82 Å². The van der Waals surface area contributed by atoms with Crippen LogP contribution in [0.3, 0.4) is 0 Å². The average Bonchev–Trinajstić information content (AvgIpc) is 3.39. The third kappa shape index (κ3) is 4.59. The number of benzene rings is 2. The Morgan fingerprint density at radius 1 is 1.00 bits per heavy atom. The van der Waals surface area contributed by atoms with Gasteiger partial charge in [-0.15, -0.1) is 10.2 Å². The van der Waals surface area contributed by atoms with Crippen LogP contribution in [0.4, 0.5) is 26.3 Å². The minimum absolute atomic E-state index is 0.0274. The van der Waals surface area contributed by atoms with Crippen molar-refractivity contribution in [3.63, 3.8) is 0 Å². The van der Waals surface area contributed by atoms with Crippen LogP contribution in [0.1, 0.15) is 53.3 Å². The van der Waals surface area contributed by atoms with Gasteiger partial charge in [-0.2, -0.15) is 31.1 Å². The van der Waals surface area contributed by atoms with E-state index in [-0.39, 0.29) is 23.6 Å². The average molecular weight is 511 g/mol. The van der Waals surface area contributed by atoms with Crippen molar-refractivity contribution in [1.29, 1.82) is 0 Å². The van der Waals surface area contributed by atoms with Gasteiger partial charge in [-0.1, -0.05) is 30.3 Å². The molecule has 5 rings (SSSR count). The number of fused-ring (bicyclic) bond motifs is 2. The summed E-state index contributed by atoms with van der Waals surface area (Å²) >= 11 is 0. The molecule has 0 aliphatic carbocycles. The molecule has 2 fully saturated rings. The topological polar surface area (TPSA) is 64.9 Å². The summed E-state index contributed by atoms with van der Waals surface area (Å²) in [5.74, 6) is 0.513. The van der Waals surface area contributed by atoms with Crippen molar-refractivity contribution >= 4 is 0 Å². The summed E-state index contributed by atoms with van der Waals surface area (Å²) in [4.78, 5) is 1.38. The molecular weight excluding hydrogens is 488 g/mol. The van der Waals surface area contributed by atoms with Gasteiger partial charge in [0.1, 0.15) is 0 Å². The number of aromatic nitrogens is 4. The highest BCUT2D eigenvalue weighted by Crippen LogP contribution is 2.50. The van der Waals surface area contributed by atoms with Crippen molar-refractivity contribution in [1.82, 2.24) is 25.5 Å². The highest BCUT2D eigenvalue weighted by molar-refractivity contribution is 5.35. The van der Waals surface area contributed by atoms with Crippen LogP contribution in [0.5, 0.6) is 0 Å². The maximum Gasteiger partial charge on any atom is 0.416 e. The van der Waals surface area contributed by atoms with E-state index in [1.165, 1.54) is 4.80 Å². The molecular formula is C24H23F6N5O. The standard InChI is InChI=1S/C24H23F6N5O/c1-35-33-21(32-34-35)18-12-22(15-5-3-2-4-6-15)20(8-7-19(18)31-22)36-13-14-9-16(23(25,26)27)11-17(10-14)24(28,29)30/h2-6,9-11,18-20,31H,7-8,12-13H2,1H3/t18-,19+,20-,22-/m1/s1. The maximum atomic E-state index is 13.3. The molecule has 2 aromatic carbocycles. The fourth-order valence-electron chi connectivity index (χ4n) is 5.42. The second-order valence-corrected chi connectivity index (χ2v) is 9.33. The highest BCUT2D eigenvalue weighted by atomic mass is 19.4. The number of rotatable bonds is 5. The van der Waals surface area contributed by atoms with E-state index < -0.39 is 41.7 Å². The van der Waals surface area contributed by atoms with E-state index in [9.17, 15) is 26.3 Å². The summed E-state index contributed by atoms with van der Waals surface area (Å²) in [6, 6.07) is 11.1. The number of tetrazole rings is 1. The highest BCUT2D eigenvalue weighted by Gasteiger charge is 2.55. The van der Waals surface area contributed by atoms with Gasteiger partial charge in [-0.25, -0.2) is 0 Å². The lowest BCUT2D eigenvalue weighted by Gasteiger charge is -2.42. The van der Waals surface area contributed by atoms with Crippen molar-refractivity contribution in [3.05, 3.63) is 76.6 Å². The number of hydrogen-bond acceptors (Lipinski definition) is 5. The lowest BCUT2D eigenvalue weighted by molar-refractivity contribution is -0.143. The normalized spacial score (nSPS) is 26.4. The zero-order chi connectivity index (χ0) is 25.7. The van der Waals surface area contributed by atoms with Crippen LogP contribution >= 0.6 is 0 Å². The molecule has 3 heterocycles. The number of nitrogens with zero attached hydrogens (tertiary/aromatic N) is 4. The van der Waals surface area contributed by atoms with Crippen molar-refractivity contribution in [2.75, 3.05) is 0 Å². The van der Waals surface area contributed by atoms with Crippen molar-refractivity contribution in [2.24, 2.45) is 7.05 Å². The van der Waals surface area contributed by atoms with Gasteiger partial charge in [-0.05, 0) is 53.8 Å². The zero-order valence-corrected chi connectivity index (χ0v) is 19.1. The molecule has 2 aliphatic rings. The largest absolute Gasteiger partial charge is 0.416 e. The number of piperidine rings is 1. The molecule has 12 heteroatoms. The molecule has 0 spiro atoms. The summed E-state index contributed by atoms with van der Waals surface area (Å²) in [6.07, 6.45) is -8.53. The monoisotopic (exact) mass is 511 g/mol. The molecule has 3 aromatic rings. The van der Waals surface area contributed by atoms with Crippen LogP contribution in [0.2, 0.25) is 0 Å². The fourth-order valence-corrected chi connectivity index (χ4v) is 5.42. The van der Waals surface area contributed by atoms with Crippen LogP contribution in [0, 0.1) is 0 Å². The minimum Gasteiger partial charge on any atom is -0.371 e. The Hall–Kier alpha value is -2.99. The van der Waals surface area contributed by atoms with E-state index in [0.717, 1.165) is 5.56 Å². The third-order valence-electron chi connectivity index (χ3n) is 7.00. The second-order valence-electron chi connectivity index (χ2n) is 9.33. The molecule has 4 atom stereocenters. The Kier molecular flexibility index (Phi) is 6.06. The maximum absolute atomic E-state index is 13.3. The van der Waals surface area contributed by atoms with Gasteiger partial charge in [0.2, 0.25) is 0 Å². The van der Waals surface area contributed by atoms with Gasteiger partial charge in [-0.3, -0.25) is 0 Å². The summed E-state index contributed by atoms with van der Waals surface area (Å²) in [5.41, 5.74) is -2.68. The molecule has 0 amide bonds. The Labute approximate surface area is 202 Å². The molecule has 6 nitrogen and oxygen atoms in total. The fraction of sp³-hybridized carbons (Fsp3) is 0.458. The van der Waals surface area contributed by atoms with Gasteiger partial charge in [0.25, 0.3) is 0 Å². The van der Waals surface area contributed by atoms with Crippen LogP contribution in [-0.2, 0) is 36.3 Å². The summed E-state index contributed by atoms with van der Waals surface area (Å²) in [7, 11) is 1.67. The Bertz CT molecular complexity index is 1200. The first-order valence-electron chi connectivity index (χ1n) is 11.4. The Morgan fingerprint density at radius 3 is 2.25 bits per heavy atom.